The zero-order valence-electron chi connectivity index (χ0n) is 5.85. The molecule has 1 atom stereocenters. The molecule has 3 heteroatoms. The molecular weight excluding hydrogens is 146 g/mol. The topological polar surface area (TPSA) is 29.1 Å². The van der Waals surface area contributed by atoms with Crippen molar-refractivity contribution in [1.82, 2.24) is 5.32 Å². The largest absolute Gasteiger partial charge is 0.297 e. The van der Waals surface area contributed by atoms with Gasteiger partial charge in [0.25, 0.3) is 0 Å². The van der Waals surface area contributed by atoms with Gasteiger partial charge in [-0.1, -0.05) is 0 Å². The van der Waals surface area contributed by atoms with Gasteiger partial charge in [0.2, 0.25) is 0 Å². The molecule has 0 bridgehead atoms. The molecular formula is C7H11NOS. The van der Waals surface area contributed by atoms with Crippen molar-refractivity contribution in [3.8, 4) is 0 Å². The van der Waals surface area contributed by atoms with E-state index in [0.717, 1.165) is 31.6 Å². The van der Waals surface area contributed by atoms with Crippen molar-refractivity contribution >= 4 is 17.5 Å². The molecule has 1 unspecified atom stereocenters. The highest BCUT2D eigenvalue weighted by Gasteiger charge is 2.44. The number of Topliss-reactive ketones (excluding diaryl/α,β-unsaturated/α-hetero) is 1. The third-order valence-corrected chi connectivity index (χ3v) is 3.72. The van der Waals surface area contributed by atoms with E-state index in [4.69, 9.17) is 0 Å². The van der Waals surface area contributed by atoms with Crippen LogP contribution >= 0.6 is 11.8 Å². The normalized spacial score (nSPS) is 39.8. The molecule has 1 heterocycles. The fourth-order valence-corrected chi connectivity index (χ4v) is 3.02. The molecule has 2 aliphatic rings. The first-order valence-electron chi connectivity index (χ1n) is 3.76. The Morgan fingerprint density at radius 2 is 2.50 bits per heavy atom. The van der Waals surface area contributed by atoms with Gasteiger partial charge in [0.05, 0.1) is 0 Å². The predicted octanol–water partition coefficient (Wildman–Crippen LogP) is 0.772. The van der Waals surface area contributed by atoms with E-state index in [-0.39, 0.29) is 4.87 Å². The van der Waals surface area contributed by atoms with Crippen LogP contribution in [0.3, 0.4) is 0 Å². The minimum Gasteiger partial charge on any atom is -0.297 e. The Morgan fingerprint density at radius 1 is 1.60 bits per heavy atom. The van der Waals surface area contributed by atoms with Crippen LogP contribution < -0.4 is 5.32 Å². The standard InChI is InChI=1S/C7H11NOS/c9-6-2-1-3-7(6)8-4-5-10-7/h8H,1-5H2. The summed E-state index contributed by atoms with van der Waals surface area (Å²) >= 11 is 1.80. The molecule has 1 aliphatic heterocycles. The lowest BCUT2D eigenvalue weighted by atomic mass is 10.2. The second-order valence-corrected chi connectivity index (χ2v) is 4.27. The zero-order chi connectivity index (χ0) is 7.03. The van der Waals surface area contributed by atoms with Crippen molar-refractivity contribution < 1.29 is 4.79 Å². The molecule has 0 aromatic heterocycles. The number of ketones is 1. The highest BCUT2D eigenvalue weighted by atomic mass is 32.2. The van der Waals surface area contributed by atoms with Gasteiger partial charge in [-0.25, -0.2) is 0 Å². The van der Waals surface area contributed by atoms with Crippen LogP contribution in [0.25, 0.3) is 0 Å². The fourth-order valence-electron chi connectivity index (χ4n) is 1.71. The number of nitrogens with one attached hydrogen (secondary N) is 1. The summed E-state index contributed by atoms with van der Waals surface area (Å²) in [6, 6.07) is 0. The molecule has 56 valence electrons. The van der Waals surface area contributed by atoms with Crippen LogP contribution in [0.1, 0.15) is 19.3 Å². The fraction of sp³-hybridized carbons (Fsp3) is 0.857. The van der Waals surface area contributed by atoms with Crippen molar-refractivity contribution in [1.29, 1.82) is 0 Å². The van der Waals surface area contributed by atoms with E-state index in [2.05, 4.69) is 5.32 Å². The lowest BCUT2D eigenvalue weighted by molar-refractivity contribution is -0.119. The Morgan fingerprint density at radius 3 is 3.00 bits per heavy atom. The second-order valence-electron chi connectivity index (χ2n) is 2.88. The SMILES string of the molecule is O=C1CCCC12NCCS2. The molecule has 1 saturated carbocycles. The summed E-state index contributed by atoms with van der Waals surface area (Å²) in [7, 11) is 0. The van der Waals surface area contributed by atoms with Crippen LogP contribution in [0.15, 0.2) is 0 Å². The maximum absolute atomic E-state index is 11.3. The molecule has 0 radical (unpaired) electrons. The van der Waals surface area contributed by atoms with Crippen molar-refractivity contribution in [3.63, 3.8) is 0 Å². The Bertz CT molecular complexity index is 157. The van der Waals surface area contributed by atoms with Gasteiger partial charge in [0.1, 0.15) is 4.87 Å². The third-order valence-electron chi connectivity index (χ3n) is 2.24. The van der Waals surface area contributed by atoms with Crippen molar-refractivity contribution in [2.75, 3.05) is 12.3 Å². The number of carbonyl (C=O) groups is 1. The summed E-state index contributed by atoms with van der Waals surface area (Å²) < 4.78 is 0. The van der Waals surface area contributed by atoms with Gasteiger partial charge in [-0.2, -0.15) is 0 Å². The second kappa shape index (κ2) is 2.24. The predicted molar refractivity (Wildman–Crippen MR) is 42.0 cm³/mol. The number of hydrogen-bond donors (Lipinski definition) is 1. The summed E-state index contributed by atoms with van der Waals surface area (Å²) in [6.45, 7) is 1.01. The van der Waals surface area contributed by atoms with Crippen LogP contribution in [0.5, 0.6) is 0 Å². The van der Waals surface area contributed by atoms with Crippen molar-refractivity contribution in [3.05, 3.63) is 0 Å². The quantitative estimate of drug-likeness (QED) is 0.563. The number of hydrogen-bond acceptors (Lipinski definition) is 3. The molecule has 0 amide bonds. The van der Waals surface area contributed by atoms with Gasteiger partial charge in [0, 0.05) is 18.7 Å². The molecule has 1 N–H and O–H groups in total. The van der Waals surface area contributed by atoms with Gasteiger partial charge >= 0.3 is 0 Å². The summed E-state index contributed by atoms with van der Waals surface area (Å²) in [5, 5.41) is 3.30. The molecule has 1 saturated heterocycles. The average Bonchev–Trinajstić information content (AvgIpc) is 2.48. The average molecular weight is 157 g/mol. The number of thioether (sulfide) groups is 1. The molecule has 2 rings (SSSR count). The number of rotatable bonds is 0. The van der Waals surface area contributed by atoms with Gasteiger partial charge in [-0.05, 0) is 12.8 Å². The van der Waals surface area contributed by atoms with E-state index in [1.807, 2.05) is 0 Å². The van der Waals surface area contributed by atoms with E-state index in [0.29, 0.717) is 5.78 Å². The van der Waals surface area contributed by atoms with Crippen LogP contribution in [0, 0.1) is 0 Å². The zero-order valence-corrected chi connectivity index (χ0v) is 6.67. The molecule has 1 aliphatic carbocycles. The van der Waals surface area contributed by atoms with E-state index in [1.54, 1.807) is 11.8 Å². The maximum atomic E-state index is 11.3. The molecule has 10 heavy (non-hydrogen) atoms. The summed E-state index contributed by atoms with van der Waals surface area (Å²) in [6.07, 6.45) is 2.93. The molecule has 0 aromatic rings. The molecule has 2 nitrogen and oxygen atoms in total. The lowest BCUT2D eigenvalue weighted by Gasteiger charge is -2.19. The van der Waals surface area contributed by atoms with E-state index >= 15 is 0 Å². The first-order valence-corrected chi connectivity index (χ1v) is 4.74. The van der Waals surface area contributed by atoms with Crippen LogP contribution in [0.4, 0.5) is 0 Å². The number of carbonyl (C=O) groups excluding carboxylic acids is 1. The Labute approximate surface area is 64.8 Å². The highest BCUT2D eigenvalue weighted by molar-refractivity contribution is 8.01. The van der Waals surface area contributed by atoms with Gasteiger partial charge in [0.15, 0.2) is 5.78 Å². The summed E-state index contributed by atoms with van der Waals surface area (Å²) in [4.78, 5) is 11.2. The van der Waals surface area contributed by atoms with E-state index in [1.165, 1.54) is 0 Å². The molecule has 0 aromatic carbocycles. The first kappa shape index (κ1) is 6.68. The van der Waals surface area contributed by atoms with Gasteiger partial charge in [-0.3, -0.25) is 10.1 Å². The minimum atomic E-state index is -0.125. The third kappa shape index (κ3) is 0.805. The Balaban J connectivity index is 2.19. The molecule has 2 fully saturated rings. The summed E-state index contributed by atoms with van der Waals surface area (Å²) in [5.41, 5.74) is 0. The Kier molecular flexibility index (Phi) is 1.49. The van der Waals surface area contributed by atoms with Gasteiger partial charge in [-0.15, -0.1) is 11.8 Å². The summed E-state index contributed by atoms with van der Waals surface area (Å²) in [5.74, 6) is 1.53. The minimum absolute atomic E-state index is 0.125. The van der Waals surface area contributed by atoms with Crippen LogP contribution in [-0.2, 0) is 4.79 Å². The maximum Gasteiger partial charge on any atom is 0.163 e. The van der Waals surface area contributed by atoms with Crippen LogP contribution in [-0.4, -0.2) is 23.0 Å². The van der Waals surface area contributed by atoms with Crippen molar-refractivity contribution in [2.24, 2.45) is 0 Å². The lowest BCUT2D eigenvalue weighted by Crippen LogP contribution is -2.40. The van der Waals surface area contributed by atoms with Gasteiger partial charge < -0.3 is 0 Å². The molecule has 1 spiro atoms. The smallest absolute Gasteiger partial charge is 0.163 e. The van der Waals surface area contributed by atoms with E-state index < -0.39 is 0 Å². The Hall–Kier alpha value is -0.0200. The monoisotopic (exact) mass is 157 g/mol. The van der Waals surface area contributed by atoms with Crippen molar-refractivity contribution in [2.45, 2.75) is 24.1 Å². The first-order chi connectivity index (χ1) is 4.83. The van der Waals surface area contributed by atoms with Crippen LogP contribution in [0.2, 0.25) is 0 Å². The van der Waals surface area contributed by atoms with E-state index in [9.17, 15) is 4.79 Å². The highest BCUT2D eigenvalue weighted by Crippen LogP contribution is 2.38.